The average molecular weight is 277 g/mol. The van der Waals surface area contributed by atoms with Crippen molar-refractivity contribution < 1.29 is 9.59 Å². The van der Waals surface area contributed by atoms with E-state index in [4.69, 9.17) is 0 Å². The second-order valence-corrected chi connectivity index (χ2v) is 5.92. The first-order valence-electron chi connectivity index (χ1n) is 6.60. The van der Waals surface area contributed by atoms with Crippen molar-refractivity contribution in [2.24, 2.45) is 0 Å². The van der Waals surface area contributed by atoms with E-state index < -0.39 is 6.03 Å². The SMILES string of the molecule is Cc1ccc(NCC(=O)NC(=O)NC(C)(C)C)c(C)c1. The van der Waals surface area contributed by atoms with Gasteiger partial charge in [-0.25, -0.2) is 4.79 Å². The normalized spacial score (nSPS) is 10.8. The Morgan fingerprint density at radius 2 is 1.80 bits per heavy atom. The first-order valence-corrected chi connectivity index (χ1v) is 6.60. The quantitative estimate of drug-likeness (QED) is 0.794. The summed E-state index contributed by atoms with van der Waals surface area (Å²) in [6.45, 7) is 9.60. The number of imide groups is 1. The summed E-state index contributed by atoms with van der Waals surface area (Å²) in [5.41, 5.74) is 2.76. The monoisotopic (exact) mass is 277 g/mol. The minimum atomic E-state index is -0.482. The van der Waals surface area contributed by atoms with Crippen LogP contribution in [-0.2, 0) is 4.79 Å². The highest BCUT2D eigenvalue weighted by molar-refractivity contribution is 5.96. The van der Waals surface area contributed by atoms with E-state index in [-0.39, 0.29) is 18.0 Å². The fourth-order valence-electron chi connectivity index (χ4n) is 1.73. The summed E-state index contributed by atoms with van der Waals surface area (Å²) in [6.07, 6.45) is 0. The zero-order chi connectivity index (χ0) is 15.3. The summed E-state index contributed by atoms with van der Waals surface area (Å²) in [5, 5.41) is 7.97. The molecule has 0 saturated heterocycles. The third-order valence-electron chi connectivity index (χ3n) is 2.56. The Hall–Kier alpha value is -2.04. The Labute approximate surface area is 120 Å². The minimum Gasteiger partial charge on any atom is -0.376 e. The van der Waals surface area contributed by atoms with E-state index >= 15 is 0 Å². The van der Waals surface area contributed by atoms with Crippen molar-refractivity contribution in [3.8, 4) is 0 Å². The Bertz CT molecular complexity index is 504. The molecule has 0 aliphatic rings. The molecule has 0 atom stereocenters. The molecule has 1 rings (SSSR count). The molecule has 0 saturated carbocycles. The fraction of sp³-hybridized carbons (Fsp3) is 0.467. The lowest BCUT2D eigenvalue weighted by Crippen LogP contribution is -2.49. The topological polar surface area (TPSA) is 70.2 Å². The summed E-state index contributed by atoms with van der Waals surface area (Å²) in [5.74, 6) is -0.369. The van der Waals surface area contributed by atoms with E-state index in [1.165, 1.54) is 5.56 Å². The third-order valence-corrected chi connectivity index (χ3v) is 2.56. The van der Waals surface area contributed by atoms with Crippen LogP contribution in [0.5, 0.6) is 0 Å². The molecule has 110 valence electrons. The number of hydrogen-bond donors (Lipinski definition) is 3. The Morgan fingerprint density at radius 3 is 2.35 bits per heavy atom. The average Bonchev–Trinajstić information content (AvgIpc) is 2.24. The van der Waals surface area contributed by atoms with Crippen molar-refractivity contribution in [2.45, 2.75) is 40.2 Å². The fourth-order valence-corrected chi connectivity index (χ4v) is 1.73. The van der Waals surface area contributed by atoms with Crippen molar-refractivity contribution in [3.05, 3.63) is 29.3 Å². The van der Waals surface area contributed by atoms with E-state index in [0.29, 0.717) is 0 Å². The molecular weight excluding hydrogens is 254 g/mol. The van der Waals surface area contributed by atoms with Crippen LogP contribution in [-0.4, -0.2) is 24.0 Å². The highest BCUT2D eigenvalue weighted by Gasteiger charge is 2.15. The van der Waals surface area contributed by atoms with Crippen LogP contribution in [0, 0.1) is 13.8 Å². The Kier molecular flexibility index (Phi) is 5.13. The van der Waals surface area contributed by atoms with Gasteiger partial charge in [-0.2, -0.15) is 0 Å². The zero-order valence-electron chi connectivity index (χ0n) is 12.8. The summed E-state index contributed by atoms with van der Waals surface area (Å²) < 4.78 is 0. The molecule has 5 heteroatoms. The summed E-state index contributed by atoms with van der Waals surface area (Å²) in [7, 11) is 0. The van der Waals surface area contributed by atoms with Crippen LogP contribution < -0.4 is 16.0 Å². The largest absolute Gasteiger partial charge is 0.376 e. The lowest BCUT2D eigenvalue weighted by atomic mass is 10.1. The summed E-state index contributed by atoms with van der Waals surface area (Å²) in [6, 6.07) is 5.45. The van der Waals surface area contributed by atoms with Crippen LogP contribution in [0.3, 0.4) is 0 Å². The number of nitrogens with one attached hydrogen (secondary N) is 3. The van der Waals surface area contributed by atoms with Gasteiger partial charge in [0.2, 0.25) is 5.91 Å². The molecule has 3 N–H and O–H groups in total. The molecule has 0 aliphatic carbocycles. The second kappa shape index (κ2) is 6.41. The van der Waals surface area contributed by atoms with Crippen LogP contribution in [0.2, 0.25) is 0 Å². The Balaban J connectivity index is 2.46. The van der Waals surface area contributed by atoms with Crippen LogP contribution >= 0.6 is 0 Å². The Morgan fingerprint density at radius 1 is 1.15 bits per heavy atom. The van der Waals surface area contributed by atoms with Gasteiger partial charge >= 0.3 is 6.03 Å². The number of urea groups is 1. The molecule has 5 nitrogen and oxygen atoms in total. The standard InChI is InChI=1S/C15H23N3O2/c1-10-6-7-12(11(2)8-10)16-9-13(19)17-14(20)18-15(3,4)5/h6-8,16H,9H2,1-5H3,(H2,17,18,19,20). The van der Waals surface area contributed by atoms with E-state index in [0.717, 1.165) is 11.3 Å². The molecular formula is C15H23N3O2. The van der Waals surface area contributed by atoms with Crippen molar-refractivity contribution in [1.82, 2.24) is 10.6 Å². The van der Waals surface area contributed by atoms with Gasteiger partial charge < -0.3 is 10.6 Å². The molecule has 0 aliphatic heterocycles. The number of anilines is 1. The smallest absolute Gasteiger partial charge is 0.321 e. The third kappa shape index (κ3) is 5.73. The number of amides is 3. The highest BCUT2D eigenvalue weighted by atomic mass is 16.2. The van der Waals surface area contributed by atoms with E-state index in [9.17, 15) is 9.59 Å². The molecule has 3 amide bonds. The minimum absolute atomic E-state index is 0.0570. The van der Waals surface area contributed by atoms with Crippen molar-refractivity contribution in [1.29, 1.82) is 0 Å². The molecule has 1 aromatic carbocycles. The maximum Gasteiger partial charge on any atom is 0.321 e. The molecule has 0 aromatic heterocycles. The first kappa shape index (κ1) is 16.0. The van der Waals surface area contributed by atoms with E-state index in [2.05, 4.69) is 16.0 Å². The molecule has 0 bridgehead atoms. The predicted octanol–water partition coefficient (Wildman–Crippen LogP) is 2.34. The van der Waals surface area contributed by atoms with Gasteiger partial charge in [0, 0.05) is 11.2 Å². The van der Waals surface area contributed by atoms with Crippen molar-refractivity contribution in [3.63, 3.8) is 0 Å². The maximum absolute atomic E-state index is 11.7. The number of carbonyl (C=O) groups is 2. The van der Waals surface area contributed by atoms with Gasteiger partial charge in [-0.1, -0.05) is 17.7 Å². The van der Waals surface area contributed by atoms with E-state index in [1.807, 2.05) is 52.8 Å². The summed E-state index contributed by atoms with van der Waals surface area (Å²) in [4.78, 5) is 23.2. The van der Waals surface area contributed by atoms with Gasteiger partial charge in [-0.15, -0.1) is 0 Å². The van der Waals surface area contributed by atoms with Crippen LogP contribution in [0.25, 0.3) is 0 Å². The maximum atomic E-state index is 11.7. The van der Waals surface area contributed by atoms with Crippen molar-refractivity contribution in [2.75, 3.05) is 11.9 Å². The number of aryl methyl sites for hydroxylation is 2. The first-order chi connectivity index (χ1) is 9.17. The van der Waals surface area contributed by atoms with Gasteiger partial charge in [0.05, 0.1) is 6.54 Å². The molecule has 0 spiro atoms. The molecule has 20 heavy (non-hydrogen) atoms. The van der Waals surface area contributed by atoms with Crippen LogP contribution in [0.4, 0.5) is 10.5 Å². The molecule has 1 aromatic rings. The van der Waals surface area contributed by atoms with Gasteiger partial charge in [0.1, 0.15) is 0 Å². The van der Waals surface area contributed by atoms with E-state index in [1.54, 1.807) is 0 Å². The lowest BCUT2D eigenvalue weighted by Gasteiger charge is -2.20. The molecule has 0 fully saturated rings. The lowest BCUT2D eigenvalue weighted by molar-refractivity contribution is -0.118. The van der Waals surface area contributed by atoms with Crippen LogP contribution in [0.1, 0.15) is 31.9 Å². The number of carbonyl (C=O) groups excluding carboxylic acids is 2. The van der Waals surface area contributed by atoms with Gasteiger partial charge in [-0.3, -0.25) is 10.1 Å². The molecule has 0 heterocycles. The number of rotatable bonds is 3. The van der Waals surface area contributed by atoms with Gasteiger partial charge in [0.25, 0.3) is 0 Å². The van der Waals surface area contributed by atoms with Gasteiger partial charge in [-0.05, 0) is 46.2 Å². The van der Waals surface area contributed by atoms with Crippen molar-refractivity contribution >= 4 is 17.6 Å². The number of hydrogen-bond acceptors (Lipinski definition) is 3. The zero-order valence-corrected chi connectivity index (χ0v) is 12.8. The highest BCUT2D eigenvalue weighted by Crippen LogP contribution is 2.15. The number of benzene rings is 1. The molecule has 0 radical (unpaired) electrons. The predicted molar refractivity (Wildman–Crippen MR) is 80.8 cm³/mol. The van der Waals surface area contributed by atoms with Gasteiger partial charge in [0.15, 0.2) is 0 Å². The summed E-state index contributed by atoms with van der Waals surface area (Å²) >= 11 is 0. The van der Waals surface area contributed by atoms with Crippen LogP contribution in [0.15, 0.2) is 18.2 Å². The molecule has 0 unspecified atom stereocenters. The second-order valence-electron chi connectivity index (χ2n) is 5.92.